The van der Waals surface area contributed by atoms with Crippen LogP contribution in [0.5, 0.6) is 0 Å². The molecular weight excluding hydrogens is 88.1 g/mol. The Balaban J connectivity index is 2.78. The van der Waals surface area contributed by atoms with E-state index in [0.717, 1.165) is 12.8 Å². The monoisotopic (exact) mass is 99.1 g/mol. The molecular formula is C6H11O. The van der Waals surface area contributed by atoms with Crippen LogP contribution in [-0.4, -0.2) is 11.7 Å². The molecule has 0 saturated carbocycles. The van der Waals surface area contributed by atoms with Crippen LogP contribution in [0.4, 0.5) is 0 Å². The molecule has 41 valence electrons. The fraction of sp³-hybridized carbons (Fsp3) is 0.500. The summed E-state index contributed by atoms with van der Waals surface area (Å²) >= 11 is 0. The van der Waals surface area contributed by atoms with Gasteiger partial charge in [-0.3, -0.25) is 0 Å². The summed E-state index contributed by atoms with van der Waals surface area (Å²) in [6, 6.07) is 0. The molecule has 0 amide bonds. The first kappa shape index (κ1) is 6.70. The fourth-order valence-corrected chi connectivity index (χ4v) is 0.310. The van der Waals surface area contributed by atoms with Crippen molar-refractivity contribution in [2.24, 2.45) is 0 Å². The van der Waals surface area contributed by atoms with Crippen molar-refractivity contribution < 1.29 is 5.11 Å². The molecule has 0 aromatic heterocycles. The van der Waals surface area contributed by atoms with Crippen molar-refractivity contribution in [3.63, 3.8) is 0 Å². The third-order valence-corrected chi connectivity index (χ3v) is 0.643. The number of aliphatic hydroxyl groups is 1. The molecule has 0 spiro atoms. The zero-order chi connectivity index (χ0) is 5.54. The average Bonchev–Trinajstić information content (AvgIpc) is 1.69. The summed E-state index contributed by atoms with van der Waals surface area (Å²) in [7, 11) is 0. The van der Waals surface area contributed by atoms with Gasteiger partial charge in [0.2, 0.25) is 0 Å². The number of hydrogen-bond donors (Lipinski definition) is 1. The van der Waals surface area contributed by atoms with E-state index in [1.54, 1.807) is 6.08 Å². The minimum absolute atomic E-state index is 0.153. The summed E-state index contributed by atoms with van der Waals surface area (Å²) in [5.74, 6) is 0. The maximum Gasteiger partial charge on any atom is 0.0612 e. The Kier molecular flexibility index (Phi) is 5.46. The minimum atomic E-state index is 0.153. The van der Waals surface area contributed by atoms with Gasteiger partial charge in [0.25, 0.3) is 0 Å². The lowest BCUT2D eigenvalue weighted by molar-refractivity contribution is 0.342. The molecule has 0 fully saturated rings. The molecule has 0 atom stereocenters. The predicted molar refractivity (Wildman–Crippen MR) is 30.8 cm³/mol. The van der Waals surface area contributed by atoms with Crippen molar-refractivity contribution in [2.75, 3.05) is 6.61 Å². The average molecular weight is 99.2 g/mol. The first-order chi connectivity index (χ1) is 3.41. The van der Waals surface area contributed by atoms with Crippen LogP contribution >= 0.6 is 0 Å². The summed E-state index contributed by atoms with van der Waals surface area (Å²) in [5.41, 5.74) is 0. The van der Waals surface area contributed by atoms with Crippen LogP contribution in [0.3, 0.4) is 0 Å². The molecule has 1 N–H and O–H groups in total. The zero-order valence-electron chi connectivity index (χ0n) is 4.43. The van der Waals surface area contributed by atoms with Gasteiger partial charge in [-0.1, -0.05) is 19.1 Å². The number of rotatable bonds is 3. The summed E-state index contributed by atoms with van der Waals surface area (Å²) in [6.45, 7) is 3.78. The van der Waals surface area contributed by atoms with Crippen LogP contribution in [0.25, 0.3) is 0 Å². The normalized spacial score (nSPS) is 10.6. The van der Waals surface area contributed by atoms with E-state index >= 15 is 0 Å². The van der Waals surface area contributed by atoms with E-state index in [2.05, 4.69) is 6.92 Å². The molecule has 1 nitrogen and oxygen atoms in total. The standard InChI is InChI=1S/C6H11O/c1-2-3-4-5-6-7/h4-5,7H,1-3,6H2. The second kappa shape index (κ2) is 5.70. The molecule has 0 rings (SSSR count). The van der Waals surface area contributed by atoms with Crippen molar-refractivity contribution >= 4 is 0 Å². The highest BCUT2D eigenvalue weighted by Crippen LogP contribution is 1.85. The highest BCUT2D eigenvalue weighted by Gasteiger charge is 1.68. The maximum atomic E-state index is 8.19. The van der Waals surface area contributed by atoms with Crippen LogP contribution in [-0.2, 0) is 0 Å². The van der Waals surface area contributed by atoms with Gasteiger partial charge in [-0.2, -0.15) is 0 Å². The van der Waals surface area contributed by atoms with Gasteiger partial charge < -0.3 is 5.11 Å². The third kappa shape index (κ3) is 5.70. The van der Waals surface area contributed by atoms with Crippen molar-refractivity contribution in [1.29, 1.82) is 0 Å². The number of hydrogen-bond acceptors (Lipinski definition) is 1. The van der Waals surface area contributed by atoms with Gasteiger partial charge in [0.05, 0.1) is 6.61 Å². The van der Waals surface area contributed by atoms with Gasteiger partial charge in [-0.05, 0) is 12.8 Å². The Morgan fingerprint density at radius 3 is 2.57 bits per heavy atom. The Morgan fingerprint density at radius 2 is 2.14 bits per heavy atom. The predicted octanol–water partition coefficient (Wildman–Crippen LogP) is 1.15. The maximum absolute atomic E-state index is 8.19. The molecule has 7 heavy (non-hydrogen) atoms. The van der Waals surface area contributed by atoms with Crippen molar-refractivity contribution in [3.8, 4) is 0 Å². The largest absolute Gasteiger partial charge is 0.392 e. The molecule has 0 aliphatic rings. The number of allylic oxidation sites excluding steroid dienone is 1. The summed E-state index contributed by atoms with van der Waals surface area (Å²) in [5, 5.41) is 8.19. The van der Waals surface area contributed by atoms with Crippen LogP contribution in [0.2, 0.25) is 0 Å². The van der Waals surface area contributed by atoms with Crippen LogP contribution in [0.15, 0.2) is 12.2 Å². The second-order valence-corrected chi connectivity index (χ2v) is 1.30. The summed E-state index contributed by atoms with van der Waals surface area (Å²) < 4.78 is 0. The Labute approximate surface area is 44.7 Å². The van der Waals surface area contributed by atoms with Crippen LogP contribution < -0.4 is 0 Å². The Hall–Kier alpha value is -0.300. The van der Waals surface area contributed by atoms with Crippen molar-refractivity contribution in [2.45, 2.75) is 12.8 Å². The van der Waals surface area contributed by atoms with E-state index in [9.17, 15) is 0 Å². The first-order valence-electron chi connectivity index (χ1n) is 2.47. The van der Waals surface area contributed by atoms with Crippen LogP contribution in [0.1, 0.15) is 12.8 Å². The topological polar surface area (TPSA) is 20.2 Å². The van der Waals surface area contributed by atoms with E-state index in [1.807, 2.05) is 6.08 Å². The van der Waals surface area contributed by atoms with E-state index in [-0.39, 0.29) is 6.61 Å². The van der Waals surface area contributed by atoms with Gasteiger partial charge in [-0.25, -0.2) is 0 Å². The lowest BCUT2D eigenvalue weighted by atomic mass is 10.3. The fourth-order valence-electron chi connectivity index (χ4n) is 0.310. The molecule has 0 heterocycles. The highest BCUT2D eigenvalue weighted by atomic mass is 16.2. The number of unbranched alkanes of at least 4 members (excludes halogenated alkanes) is 1. The quantitative estimate of drug-likeness (QED) is 0.526. The van der Waals surface area contributed by atoms with Gasteiger partial charge in [0.15, 0.2) is 0 Å². The van der Waals surface area contributed by atoms with E-state index in [1.165, 1.54) is 0 Å². The van der Waals surface area contributed by atoms with Crippen molar-refractivity contribution in [3.05, 3.63) is 19.1 Å². The van der Waals surface area contributed by atoms with Crippen LogP contribution in [0, 0.1) is 6.92 Å². The van der Waals surface area contributed by atoms with Gasteiger partial charge in [0, 0.05) is 0 Å². The lowest BCUT2D eigenvalue weighted by Crippen LogP contribution is -1.69. The summed E-state index contributed by atoms with van der Waals surface area (Å²) in [4.78, 5) is 0. The third-order valence-electron chi connectivity index (χ3n) is 0.643. The van der Waals surface area contributed by atoms with E-state index in [4.69, 9.17) is 5.11 Å². The Bertz CT molecular complexity index is 48.1. The molecule has 0 bridgehead atoms. The van der Waals surface area contributed by atoms with E-state index < -0.39 is 0 Å². The van der Waals surface area contributed by atoms with Gasteiger partial charge in [0.1, 0.15) is 0 Å². The highest BCUT2D eigenvalue weighted by molar-refractivity contribution is 4.80. The molecule has 0 aromatic rings. The molecule has 0 unspecified atom stereocenters. The molecule has 0 aliphatic carbocycles. The minimum Gasteiger partial charge on any atom is -0.392 e. The lowest BCUT2D eigenvalue weighted by Gasteiger charge is -1.79. The smallest absolute Gasteiger partial charge is 0.0612 e. The van der Waals surface area contributed by atoms with Crippen molar-refractivity contribution in [1.82, 2.24) is 0 Å². The number of aliphatic hydroxyl groups excluding tert-OH is 1. The SMILES string of the molecule is [CH2]CCC=CCO. The molecule has 0 saturated heterocycles. The first-order valence-corrected chi connectivity index (χ1v) is 2.47. The van der Waals surface area contributed by atoms with Gasteiger partial charge in [-0.15, -0.1) is 0 Å². The molecule has 0 aliphatic heterocycles. The molecule has 1 heteroatoms. The van der Waals surface area contributed by atoms with Gasteiger partial charge >= 0.3 is 0 Å². The second-order valence-electron chi connectivity index (χ2n) is 1.30. The summed E-state index contributed by atoms with van der Waals surface area (Å²) in [6.07, 6.45) is 5.54. The molecule has 1 radical (unpaired) electrons. The Morgan fingerprint density at radius 1 is 1.43 bits per heavy atom. The zero-order valence-corrected chi connectivity index (χ0v) is 4.43. The molecule has 0 aromatic carbocycles. The van der Waals surface area contributed by atoms with E-state index in [0.29, 0.717) is 0 Å².